The summed E-state index contributed by atoms with van der Waals surface area (Å²) in [6, 6.07) is 45.1. The van der Waals surface area contributed by atoms with Gasteiger partial charge in [0.25, 0.3) is 0 Å². The zero-order chi connectivity index (χ0) is 40.6. The lowest BCUT2D eigenvalue weighted by atomic mass is 9.96. The molecule has 0 bridgehead atoms. The quantitative estimate of drug-likeness (QED) is 0.106. The normalized spacial score (nSPS) is 17.7. The number of anilines is 1. The summed E-state index contributed by atoms with van der Waals surface area (Å²) in [5.41, 5.74) is 9.04. The number of ether oxygens (including phenoxy) is 5. The Balaban J connectivity index is 0.932. The number of hydrogen-bond acceptors (Lipinski definition) is 8. The third-order valence-corrected chi connectivity index (χ3v) is 10.9. The molecule has 2 heterocycles. The Bertz CT molecular complexity index is 2320. The molecule has 2 amide bonds. The Labute approximate surface area is 345 Å². The summed E-state index contributed by atoms with van der Waals surface area (Å²) < 4.78 is 30.5. The van der Waals surface area contributed by atoms with Crippen molar-refractivity contribution in [2.75, 3.05) is 32.6 Å². The highest BCUT2D eigenvalue weighted by Crippen LogP contribution is 2.40. The maximum absolute atomic E-state index is 12.9. The molecule has 0 aliphatic carbocycles. The van der Waals surface area contributed by atoms with E-state index in [-0.39, 0.29) is 24.8 Å². The maximum Gasteiger partial charge on any atom is 0.319 e. The van der Waals surface area contributed by atoms with Crippen LogP contribution >= 0.6 is 0 Å². The maximum atomic E-state index is 12.9. The van der Waals surface area contributed by atoms with Gasteiger partial charge in [-0.05, 0) is 93.9 Å². The summed E-state index contributed by atoms with van der Waals surface area (Å²) in [6.45, 7) is 2.78. The van der Waals surface area contributed by atoms with Gasteiger partial charge >= 0.3 is 6.03 Å². The van der Waals surface area contributed by atoms with Crippen LogP contribution in [0.1, 0.15) is 52.2 Å². The van der Waals surface area contributed by atoms with Gasteiger partial charge in [-0.15, -0.1) is 0 Å². The van der Waals surface area contributed by atoms with E-state index in [9.17, 15) is 9.90 Å². The average molecular weight is 792 g/mol. The van der Waals surface area contributed by atoms with Gasteiger partial charge in [-0.25, -0.2) is 4.79 Å². The molecule has 10 nitrogen and oxygen atoms in total. The van der Waals surface area contributed by atoms with Gasteiger partial charge in [0.15, 0.2) is 17.8 Å². The Morgan fingerprint density at radius 3 is 2.17 bits per heavy atom. The fourth-order valence-electron chi connectivity index (χ4n) is 7.78. The molecule has 6 aromatic carbocycles. The molecule has 59 heavy (non-hydrogen) atoms. The second kappa shape index (κ2) is 18.6. The number of para-hydroxylation sites is 1. The lowest BCUT2D eigenvalue weighted by molar-refractivity contribution is -0.253. The van der Waals surface area contributed by atoms with E-state index in [1.807, 2.05) is 97.1 Å². The molecule has 2 aliphatic heterocycles. The Hall–Kier alpha value is -6.17. The van der Waals surface area contributed by atoms with Gasteiger partial charge in [-0.2, -0.15) is 0 Å². The van der Waals surface area contributed by atoms with Gasteiger partial charge < -0.3 is 39.4 Å². The number of aliphatic hydroxyl groups excluding tert-OH is 1. The molecule has 0 saturated carbocycles. The zero-order valence-corrected chi connectivity index (χ0v) is 33.3. The van der Waals surface area contributed by atoms with Gasteiger partial charge in [-0.1, -0.05) is 91.0 Å². The predicted octanol–water partition coefficient (Wildman–Crippen LogP) is 9.58. The minimum Gasteiger partial charge on any atom is -0.493 e. The van der Waals surface area contributed by atoms with Gasteiger partial charge in [0.1, 0.15) is 11.5 Å². The summed E-state index contributed by atoms with van der Waals surface area (Å²) in [5.74, 6) is 2.93. The molecule has 302 valence electrons. The van der Waals surface area contributed by atoms with Gasteiger partial charge in [-0.3, -0.25) is 4.90 Å². The summed E-state index contributed by atoms with van der Waals surface area (Å²) in [5, 5.41) is 15.6. The van der Waals surface area contributed by atoms with E-state index in [4.69, 9.17) is 23.7 Å². The molecule has 6 aromatic rings. The molecule has 3 unspecified atom stereocenters. The molecule has 8 rings (SSSR count). The van der Waals surface area contributed by atoms with E-state index in [1.165, 1.54) is 11.1 Å². The first-order valence-corrected chi connectivity index (χ1v) is 20.0. The van der Waals surface area contributed by atoms with Crippen LogP contribution in [0.2, 0.25) is 0 Å². The monoisotopic (exact) mass is 791 g/mol. The Morgan fingerprint density at radius 1 is 0.763 bits per heavy atom. The Morgan fingerprint density at radius 2 is 1.44 bits per heavy atom. The van der Waals surface area contributed by atoms with Crippen molar-refractivity contribution in [3.8, 4) is 34.1 Å². The highest BCUT2D eigenvalue weighted by molar-refractivity contribution is 5.89. The van der Waals surface area contributed by atoms with Gasteiger partial charge in [0.05, 0.1) is 33.0 Å². The van der Waals surface area contributed by atoms with Crippen molar-refractivity contribution >= 4 is 11.7 Å². The summed E-state index contributed by atoms with van der Waals surface area (Å²) in [6.07, 6.45) is 0.759. The van der Waals surface area contributed by atoms with Crippen molar-refractivity contribution < 1.29 is 33.6 Å². The number of urea groups is 1. The molecule has 0 radical (unpaired) electrons. The summed E-state index contributed by atoms with van der Waals surface area (Å²) in [4.78, 5) is 15.4. The van der Waals surface area contributed by atoms with E-state index >= 15 is 0 Å². The van der Waals surface area contributed by atoms with Crippen LogP contribution in [-0.4, -0.2) is 49.5 Å². The van der Waals surface area contributed by atoms with E-state index in [1.54, 1.807) is 14.2 Å². The van der Waals surface area contributed by atoms with E-state index < -0.39 is 6.29 Å². The lowest BCUT2D eigenvalue weighted by Gasteiger charge is -2.39. The standard InChI is InChI=1S/C49H49N3O7/c1-55-46-26-37-24-25-52(30-39(37)27-47(46)56-2)31-43-28-45(35-14-12-33(32-53)13-15-35)59-48(58-43)36-18-16-34(17-19-36)44-11-7-6-8-38(44)29-50-49(54)51-40-20-22-42(23-21-40)57-41-9-4-3-5-10-41/h3-23,26-27,43,45,48,53H,24-25,28-32H2,1-2H3,(H2,50,51,54). The molecule has 0 aromatic heterocycles. The van der Waals surface area contributed by atoms with Crippen LogP contribution in [0.25, 0.3) is 11.1 Å². The third-order valence-electron chi connectivity index (χ3n) is 10.9. The first-order valence-electron chi connectivity index (χ1n) is 20.0. The predicted molar refractivity (Wildman–Crippen MR) is 228 cm³/mol. The number of methoxy groups -OCH3 is 2. The number of carbonyl (C=O) groups is 1. The molecular formula is C49H49N3O7. The van der Waals surface area contributed by atoms with Crippen molar-refractivity contribution in [3.05, 3.63) is 173 Å². The third kappa shape index (κ3) is 9.76. The van der Waals surface area contributed by atoms with Crippen molar-refractivity contribution in [2.45, 2.75) is 51.0 Å². The number of rotatable bonds is 13. The molecule has 10 heteroatoms. The second-order valence-electron chi connectivity index (χ2n) is 14.8. The number of nitrogens with one attached hydrogen (secondary N) is 2. The topological polar surface area (TPSA) is 111 Å². The minimum absolute atomic E-state index is 0.00746. The van der Waals surface area contributed by atoms with Crippen LogP contribution in [0, 0.1) is 0 Å². The highest BCUT2D eigenvalue weighted by Gasteiger charge is 2.34. The second-order valence-corrected chi connectivity index (χ2v) is 14.8. The zero-order valence-electron chi connectivity index (χ0n) is 33.3. The highest BCUT2D eigenvalue weighted by atomic mass is 16.7. The fraction of sp³-hybridized carbons (Fsp3) is 0.245. The summed E-state index contributed by atoms with van der Waals surface area (Å²) >= 11 is 0. The van der Waals surface area contributed by atoms with Crippen LogP contribution in [0.4, 0.5) is 10.5 Å². The number of carbonyl (C=O) groups excluding carboxylic acids is 1. The Kier molecular flexibility index (Phi) is 12.5. The first-order chi connectivity index (χ1) is 28.9. The van der Waals surface area contributed by atoms with Crippen molar-refractivity contribution in [2.24, 2.45) is 0 Å². The number of hydrogen-bond donors (Lipinski definition) is 3. The largest absolute Gasteiger partial charge is 0.493 e. The summed E-state index contributed by atoms with van der Waals surface area (Å²) in [7, 11) is 3.34. The van der Waals surface area contributed by atoms with Crippen LogP contribution in [0.5, 0.6) is 23.0 Å². The minimum atomic E-state index is -0.577. The van der Waals surface area contributed by atoms with Crippen LogP contribution < -0.4 is 24.8 Å². The first kappa shape index (κ1) is 39.6. The van der Waals surface area contributed by atoms with Gasteiger partial charge in [0, 0.05) is 43.9 Å². The number of fused-ring (bicyclic) bond motifs is 1. The van der Waals surface area contributed by atoms with Crippen LogP contribution in [-0.2, 0) is 35.6 Å². The van der Waals surface area contributed by atoms with Crippen LogP contribution in [0.15, 0.2) is 140 Å². The van der Waals surface area contributed by atoms with E-state index in [0.717, 1.165) is 76.7 Å². The van der Waals surface area contributed by atoms with E-state index in [0.29, 0.717) is 24.4 Å². The molecule has 3 atom stereocenters. The number of aliphatic hydroxyl groups is 1. The van der Waals surface area contributed by atoms with Crippen molar-refractivity contribution in [1.29, 1.82) is 0 Å². The molecule has 1 fully saturated rings. The van der Waals surface area contributed by atoms with Crippen molar-refractivity contribution in [3.63, 3.8) is 0 Å². The molecule has 3 N–H and O–H groups in total. The van der Waals surface area contributed by atoms with Crippen LogP contribution in [0.3, 0.4) is 0 Å². The fourth-order valence-corrected chi connectivity index (χ4v) is 7.78. The SMILES string of the molecule is COc1cc2c(cc1OC)CN(CC1CC(c3ccc(CO)cc3)OC(c3ccc(-c4ccccc4CNC(=O)Nc4ccc(Oc5ccccc5)cc4)cc3)O1)CC2. The number of amides is 2. The van der Waals surface area contributed by atoms with Gasteiger partial charge in [0.2, 0.25) is 0 Å². The number of nitrogens with zero attached hydrogens (tertiary/aromatic N) is 1. The molecule has 2 aliphatic rings. The molecular weight excluding hydrogens is 743 g/mol. The smallest absolute Gasteiger partial charge is 0.319 e. The van der Waals surface area contributed by atoms with E-state index in [2.05, 4.69) is 58.0 Å². The average Bonchev–Trinajstić information content (AvgIpc) is 3.29. The lowest BCUT2D eigenvalue weighted by Crippen LogP contribution is -2.41. The number of benzene rings is 6. The van der Waals surface area contributed by atoms with Crippen molar-refractivity contribution in [1.82, 2.24) is 10.2 Å². The molecule has 1 saturated heterocycles. The molecule has 0 spiro atoms.